The highest BCUT2D eigenvalue weighted by molar-refractivity contribution is 5.51. The molecule has 0 amide bonds. The second-order valence-electron chi connectivity index (χ2n) is 4.94. The summed E-state index contributed by atoms with van der Waals surface area (Å²) in [6.07, 6.45) is 0. The summed E-state index contributed by atoms with van der Waals surface area (Å²) in [6.45, 7) is 4.09. The molecule has 2 rings (SSSR count). The van der Waals surface area contributed by atoms with Gasteiger partial charge in [-0.2, -0.15) is 5.26 Å². The van der Waals surface area contributed by atoms with Crippen molar-refractivity contribution in [1.29, 1.82) is 5.26 Å². The fourth-order valence-electron chi connectivity index (χ4n) is 2.38. The molecule has 4 heteroatoms. The third-order valence-corrected chi connectivity index (χ3v) is 3.69. The van der Waals surface area contributed by atoms with Crippen LogP contribution in [0, 0.1) is 11.3 Å². The first kappa shape index (κ1) is 12.9. The van der Waals surface area contributed by atoms with Gasteiger partial charge in [0.1, 0.15) is 0 Å². The Hall–Kier alpha value is -1.57. The van der Waals surface area contributed by atoms with E-state index in [0.29, 0.717) is 11.6 Å². The molecule has 1 heterocycles. The lowest BCUT2D eigenvalue weighted by atomic mass is 10.1. The molecule has 96 valence electrons. The van der Waals surface area contributed by atoms with Gasteiger partial charge in [-0.05, 0) is 38.2 Å². The number of likely N-dealkylation sites (N-methyl/N-ethyl adjacent to an activating group) is 1. The number of aliphatic hydroxyl groups excluding tert-OH is 1. The molecule has 1 saturated heterocycles. The molecule has 1 aromatic carbocycles. The number of piperazine rings is 1. The summed E-state index contributed by atoms with van der Waals surface area (Å²) in [7, 11) is 2.09. The van der Waals surface area contributed by atoms with E-state index in [1.54, 1.807) is 0 Å². The summed E-state index contributed by atoms with van der Waals surface area (Å²) >= 11 is 0. The number of rotatable bonds is 2. The van der Waals surface area contributed by atoms with Crippen LogP contribution in [-0.2, 0) is 0 Å². The van der Waals surface area contributed by atoms with E-state index in [9.17, 15) is 5.11 Å². The Balaban J connectivity index is 2.21. The van der Waals surface area contributed by atoms with Gasteiger partial charge in [0.15, 0.2) is 0 Å². The lowest BCUT2D eigenvalue weighted by Crippen LogP contribution is -2.57. The van der Waals surface area contributed by atoms with Crippen molar-refractivity contribution in [1.82, 2.24) is 4.90 Å². The Morgan fingerprint density at radius 2 is 2.00 bits per heavy atom. The molecule has 1 aliphatic rings. The fourth-order valence-corrected chi connectivity index (χ4v) is 2.38. The van der Waals surface area contributed by atoms with Crippen molar-refractivity contribution in [2.24, 2.45) is 0 Å². The number of nitrogens with zero attached hydrogens (tertiary/aromatic N) is 3. The summed E-state index contributed by atoms with van der Waals surface area (Å²) in [5, 5.41) is 18.3. The summed E-state index contributed by atoms with van der Waals surface area (Å²) in [6, 6.07) is 10.3. The Kier molecular flexibility index (Phi) is 3.85. The van der Waals surface area contributed by atoms with Gasteiger partial charge >= 0.3 is 0 Å². The van der Waals surface area contributed by atoms with Crippen molar-refractivity contribution in [3.8, 4) is 6.07 Å². The van der Waals surface area contributed by atoms with Gasteiger partial charge in [-0.25, -0.2) is 0 Å². The zero-order chi connectivity index (χ0) is 13.1. The molecule has 0 aromatic heterocycles. The van der Waals surface area contributed by atoms with Crippen LogP contribution in [0.1, 0.15) is 12.5 Å². The summed E-state index contributed by atoms with van der Waals surface area (Å²) in [5.41, 5.74) is 1.74. The maximum absolute atomic E-state index is 9.51. The Bertz CT molecular complexity index is 437. The standard InChI is InChI=1S/C14H19N3O/c1-11-8-17(14(10-18)9-16(11)2)13-5-3-12(7-15)4-6-13/h3-6,11,14,18H,8-10H2,1-2H3. The molecule has 1 N–H and O–H groups in total. The minimum Gasteiger partial charge on any atom is -0.394 e. The second-order valence-corrected chi connectivity index (χ2v) is 4.94. The number of hydrogen-bond donors (Lipinski definition) is 1. The first-order valence-corrected chi connectivity index (χ1v) is 6.23. The molecule has 0 spiro atoms. The van der Waals surface area contributed by atoms with Crippen molar-refractivity contribution in [3.63, 3.8) is 0 Å². The maximum atomic E-state index is 9.51. The van der Waals surface area contributed by atoms with Crippen LogP contribution in [0.4, 0.5) is 5.69 Å². The van der Waals surface area contributed by atoms with Crippen LogP contribution in [0.5, 0.6) is 0 Å². The normalized spacial score (nSPS) is 24.9. The topological polar surface area (TPSA) is 50.5 Å². The predicted octanol–water partition coefficient (Wildman–Crippen LogP) is 1.06. The zero-order valence-electron chi connectivity index (χ0n) is 10.9. The van der Waals surface area contributed by atoms with Crippen molar-refractivity contribution in [3.05, 3.63) is 29.8 Å². The molecule has 0 aliphatic carbocycles. The third-order valence-electron chi connectivity index (χ3n) is 3.69. The molecule has 0 bridgehead atoms. The molecule has 1 aliphatic heterocycles. The third kappa shape index (κ3) is 2.47. The smallest absolute Gasteiger partial charge is 0.0991 e. The van der Waals surface area contributed by atoms with Crippen LogP contribution >= 0.6 is 0 Å². The molecule has 2 atom stereocenters. The Morgan fingerprint density at radius 1 is 1.33 bits per heavy atom. The fraction of sp³-hybridized carbons (Fsp3) is 0.500. The molecular formula is C14H19N3O. The van der Waals surface area contributed by atoms with Crippen LogP contribution in [0.15, 0.2) is 24.3 Å². The van der Waals surface area contributed by atoms with E-state index in [2.05, 4.69) is 29.8 Å². The molecule has 4 nitrogen and oxygen atoms in total. The molecular weight excluding hydrogens is 226 g/mol. The van der Waals surface area contributed by atoms with E-state index in [4.69, 9.17) is 5.26 Å². The van der Waals surface area contributed by atoms with Gasteiger partial charge in [-0.15, -0.1) is 0 Å². The number of aliphatic hydroxyl groups is 1. The summed E-state index contributed by atoms with van der Waals surface area (Å²) in [4.78, 5) is 4.49. The summed E-state index contributed by atoms with van der Waals surface area (Å²) in [5.74, 6) is 0. The highest BCUT2D eigenvalue weighted by Gasteiger charge is 2.29. The zero-order valence-corrected chi connectivity index (χ0v) is 10.9. The SMILES string of the molecule is CC1CN(c2ccc(C#N)cc2)C(CO)CN1C. The number of benzene rings is 1. The first-order chi connectivity index (χ1) is 8.65. The predicted molar refractivity (Wildman–Crippen MR) is 71.5 cm³/mol. The van der Waals surface area contributed by atoms with E-state index >= 15 is 0 Å². The van der Waals surface area contributed by atoms with Gasteiger partial charge in [-0.3, -0.25) is 4.90 Å². The highest BCUT2D eigenvalue weighted by atomic mass is 16.3. The molecule has 1 fully saturated rings. The Morgan fingerprint density at radius 3 is 2.56 bits per heavy atom. The second kappa shape index (κ2) is 5.38. The minimum atomic E-state index is 0.124. The Labute approximate surface area is 108 Å². The van der Waals surface area contributed by atoms with Crippen molar-refractivity contribution in [2.45, 2.75) is 19.0 Å². The summed E-state index contributed by atoms with van der Waals surface area (Å²) < 4.78 is 0. The molecule has 0 saturated carbocycles. The van der Waals surface area contributed by atoms with Gasteiger partial charge in [0.05, 0.1) is 24.3 Å². The number of hydrogen-bond acceptors (Lipinski definition) is 4. The van der Waals surface area contributed by atoms with Crippen molar-refractivity contribution >= 4 is 5.69 Å². The van der Waals surface area contributed by atoms with E-state index in [1.807, 2.05) is 24.3 Å². The van der Waals surface area contributed by atoms with Gasteiger partial charge in [0.25, 0.3) is 0 Å². The lowest BCUT2D eigenvalue weighted by Gasteiger charge is -2.44. The molecule has 1 aromatic rings. The van der Waals surface area contributed by atoms with Crippen LogP contribution < -0.4 is 4.90 Å². The lowest BCUT2D eigenvalue weighted by molar-refractivity contribution is 0.155. The monoisotopic (exact) mass is 245 g/mol. The van der Waals surface area contributed by atoms with Gasteiger partial charge < -0.3 is 10.0 Å². The van der Waals surface area contributed by atoms with Crippen LogP contribution in [0.3, 0.4) is 0 Å². The van der Waals surface area contributed by atoms with E-state index < -0.39 is 0 Å². The number of nitriles is 1. The first-order valence-electron chi connectivity index (χ1n) is 6.23. The van der Waals surface area contributed by atoms with Crippen molar-refractivity contribution < 1.29 is 5.11 Å². The molecule has 2 unspecified atom stereocenters. The molecule has 0 radical (unpaired) electrons. The van der Waals surface area contributed by atoms with E-state index in [1.165, 1.54) is 0 Å². The van der Waals surface area contributed by atoms with Crippen LogP contribution in [0.25, 0.3) is 0 Å². The average Bonchev–Trinajstić information content (AvgIpc) is 2.41. The highest BCUT2D eigenvalue weighted by Crippen LogP contribution is 2.22. The molecule has 18 heavy (non-hydrogen) atoms. The minimum absolute atomic E-state index is 0.124. The van der Waals surface area contributed by atoms with E-state index in [0.717, 1.165) is 18.8 Å². The average molecular weight is 245 g/mol. The van der Waals surface area contributed by atoms with Crippen LogP contribution in [0.2, 0.25) is 0 Å². The largest absolute Gasteiger partial charge is 0.394 e. The number of anilines is 1. The van der Waals surface area contributed by atoms with E-state index in [-0.39, 0.29) is 12.6 Å². The quantitative estimate of drug-likeness (QED) is 0.846. The van der Waals surface area contributed by atoms with Gasteiger partial charge in [0, 0.05) is 24.8 Å². The maximum Gasteiger partial charge on any atom is 0.0991 e. The van der Waals surface area contributed by atoms with Crippen LogP contribution in [-0.4, -0.2) is 48.8 Å². The van der Waals surface area contributed by atoms with Gasteiger partial charge in [-0.1, -0.05) is 0 Å². The van der Waals surface area contributed by atoms with Crippen molar-refractivity contribution in [2.75, 3.05) is 31.6 Å². The van der Waals surface area contributed by atoms with Gasteiger partial charge in [0.2, 0.25) is 0 Å².